The lowest BCUT2D eigenvalue weighted by atomic mass is 10.1. The number of hydrogen-bond acceptors (Lipinski definition) is 3. The Morgan fingerprint density at radius 1 is 0.926 bits per heavy atom. The molecule has 0 amide bonds. The van der Waals surface area contributed by atoms with E-state index in [0.29, 0.717) is 6.54 Å². The number of nitrogens with one attached hydrogen (secondary N) is 1. The fourth-order valence-corrected chi connectivity index (χ4v) is 3.84. The van der Waals surface area contributed by atoms with E-state index in [1.54, 1.807) is 19.2 Å². The molecule has 1 aromatic heterocycles. The maximum Gasteiger partial charge on any atom is 0.240 e. The largest absolute Gasteiger partial charge is 0.497 e. The Kier molecular flexibility index (Phi) is 6.21. The summed E-state index contributed by atoms with van der Waals surface area (Å²) in [7, 11) is -1.89. The molecule has 0 saturated carbocycles. The molecule has 27 heavy (non-hydrogen) atoms. The number of methoxy groups -OCH3 is 1. The molecule has 0 aliphatic heterocycles. The second-order valence-corrected chi connectivity index (χ2v) is 7.89. The Morgan fingerprint density at radius 2 is 1.67 bits per heavy atom. The van der Waals surface area contributed by atoms with Gasteiger partial charge in [-0.3, -0.25) is 0 Å². The third-order valence-corrected chi connectivity index (χ3v) is 5.71. The second kappa shape index (κ2) is 8.79. The molecule has 0 fully saturated rings. The molecule has 5 nitrogen and oxygen atoms in total. The van der Waals surface area contributed by atoms with Gasteiger partial charge in [0.2, 0.25) is 10.0 Å². The van der Waals surface area contributed by atoms with Crippen LogP contribution in [-0.4, -0.2) is 22.1 Å². The zero-order valence-corrected chi connectivity index (χ0v) is 16.0. The van der Waals surface area contributed by atoms with E-state index >= 15 is 0 Å². The van der Waals surface area contributed by atoms with E-state index in [1.807, 2.05) is 71.6 Å². The van der Waals surface area contributed by atoms with Crippen molar-refractivity contribution in [1.29, 1.82) is 0 Å². The van der Waals surface area contributed by atoms with Gasteiger partial charge in [-0.25, -0.2) is 17.7 Å². The van der Waals surface area contributed by atoms with Crippen molar-refractivity contribution in [2.24, 2.45) is 0 Å². The van der Waals surface area contributed by atoms with Crippen molar-refractivity contribution < 1.29 is 17.7 Å². The molecule has 140 valence electrons. The summed E-state index contributed by atoms with van der Waals surface area (Å²) in [4.78, 5) is 0.265. The minimum absolute atomic E-state index is 0.265. The van der Waals surface area contributed by atoms with Crippen LogP contribution < -0.4 is 14.0 Å². The number of aryl methyl sites for hydroxylation is 1. The molecule has 3 rings (SSSR count). The van der Waals surface area contributed by atoms with Crippen LogP contribution in [0.15, 0.2) is 84.0 Å². The van der Waals surface area contributed by atoms with Crippen molar-refractivity contribution in [3.05, 3.63) is 79.1 Å². The van der Waals surface area contributed by atoms with Crippen LogP contribution in [0.4, 0.5) is 0 Å². The highest BCUT2D eigenvalue weighted by Gasteiger charge is 2.14. The van der Waals surface area contributed by atoms with Crippen LogP contribution >= 0.6 is 0 Å². The molecule has 0 spiro atoms. The quantitative estimate of drug-likeness (QED) is 0.480. The SMILES string of the molecule is COc1cccc(-c2ccc(S(=O)(=O)NCCC[n+]3ccccc3)cc2)c1. The van der Waals surface area contributed by atoms with Crippen LogP contribution in [0.25, 0.3) is 11.1 Å². The van der Waals surface area contributed by atoms with Gasteiger partial charge in [0.15, 0.2) is 12.4 Å². The monoisotopic (exact) mass is 383 g/mol. The molecular weight excluding hydrogens is 360 g/mol. The number of aromatic nitrogens is 1. The van der Waals surface area contributed by atoms with Crippen LogP contribution in [0.5, 0.6) is 5.75 Å². The average molecular weight is 383 g/mol. The number of rotatable bonds is 8. The standard InChI is InChI=1S/C21H23N2O3S/c1-26-20-8-5-7-19(17-20)18-9-11-21(12-10-18)27(24,25)22-13-6-16-23-14-3-2-4-15-23/h2-5,7-12,14-15,17,22H,6,13,16H2,1H3/q+1. The van der Waals surface area contributed by atoms with E-state index in [0.717, 1.165) is 29.8 Å². The van der Waals surface area contributed by atoms with Gasteiger partial charge in [0.25, 0.3) is 0 Å². The summed E-state index contributed by atoms with van der Waals surface area (Å²) in [6.45, 7) is 1.15. The summed E-state index contributed by atoms with van der Waals surface area (Å²) in [6.07, 6.45) is 4.65. The molecule has 0 unspecified atom stereocenters. The first-order valence-corrected chi connectivity index (χ1v) is 10.2. The summed E-state index contributed by atoms with van der Waals surface area (Å²) in [5.41, 5.74) is 1.92. The Morgan fingerprint density at radius 3 is 2.37 bits per heavy atom. The van der Waals surface area contributed by atoms with Crippen molar-refractivity contribution in [2.45, 2.75) is 17.9 Å². The zero-order chi connectivity index (χ0) is 19.1. The van der Waals surface area contributed by atoms with E-state index in [1.165, 1.54) is 0 Å². The van der Waals surface area contributed by atoms with Gasteiger partial charge in [-0.2, -0.15) is 0 Å². The topological polar surface area (TPSA) is 59.3 Å². The fraction of sp³-hybridized carbons (Fsp3) is 0.190. The van der Waals surface area contributed by atoms with E-state index < -0.39 is 10.0 Å². The Bertz CT molecular complexity index is 972. The van der Waals surface area contributed by atoms with Crippen LogP contribution in [0.1, 0.15) is 6.42 Å². The lowest BCUT2D eigenvalue weighted by Gasteiger charge is -2.08. The highest BCUT2D eigenvalue weighted by atomic mass is 32.2. The average Bonchev–Trinajstić information content (AvgIpc) is 2.72. The van der Waals surface area contributed by atoms with Crippen molar-refractivity contribution in [3.8, 4) is 16.9 Å². The highest BCUT2D eigenvalue weighted by molar-refractivity contribution is 7.89. The van der Waals surface area contributed by atoms with Gasteiger partial charge in [0.05, 0.1) is 12.0 Å². The van der Waals surface area contributed by atoms with Crippen LogP contribution in [0.3, 0.4) is 0 Å². The lowest BCUT2D eigenvalue weighted by Crippen LogP contribution is -2.35. The van der Waals surface area contributed by atoms with Gasteiger partial charge in [-0.1, -0.05) is 30.3 Å². The summed E-state index contributed by atoms with van der Waals surface area (Å²) in [6, 6.07) is 20.4. The van der Waals surface area contributed by atoms with E-state index in [4.69, 9.17) is 4.74 Å². The van der Waals surface area contributed by atoms with Crippen LogP contribution in [0, 0.1) is 0 Å². The third-order valence-electron chi connectivity index (χ3n) is 4.23. The summed E-state index contributed by atoms with van der Waals surface area (Å²) < 4.78 is 34.8. The van der Waals surface area contributed by atoms with Crippen molar-refractivity contribution >= 4 is 10.0 Å². The number of hydrogen-bond donors (Lipinski definition) is 1. The van der Waals surface area contributed by atoms with Gasteiger partial charge < -0.3 is 4.74 Å². The normalized spacial score (nSPS) is 11.3. The number of nitrogens with zero attached hydrogens (tertiary/aromatic N) is 1. The van der Waals surface area contributed by atoms with Crippen LogP contribution in [0.2, 0.25) is 0 Å². The van der Waals surface area contributed by atoms with Crippen LogP contribution in [-0.2, 0) is 16.6 Å². The van der Waals surface area contributed by atoms with Gasteiger partial charge in [-0.15, -0.1) is 0 Å². The van der Waals surface area contributed by atoms with E-state index in [-0.39, 0.29) is 4.90 Å². The predicted molar refractivity (Wildman–Crippen MR) is 105 cm³/mol. The smallest absolute Gasteiger partial charge is 0.240 e. The Hall–Kier alpha value is -2.70. The Balaban J connectivity index is 1.61. The third kappa shape index (κ3) is 5.15. The summed E-state index contributed by atoms with van der Waals surface area (Å²) in [5, 5.41) is 0. The molecule has 6 heteroatoms. The predicted octanol–water partition coefficient (Wildman–Crippen LogP) is 3.02. The van der Waals surface area contributed by atoms with Crippen molar-refractivity contribution in [3.63, 3.8) is 0 Å². The first kappa shape index (κ1) is 19.1. The lowest BCUT2D eigenvalue weighted by molar-refractivity contribution is -0.697. The Labute approximate surface area is 160 Å². The summed E-state index contributed by atoms with van der Waals surface area (Å²) in [5.74, 6) is 0.766. The van der Waals surface area contributed by atoms with E-state index in [2.05, 4.69) is 4.72 Å². The second-order valence-electron chi connectivity index (χ2n) is 6.12. The number of ether oxygens (including phenoxy) is 1. The molecule has 3 aromatic rings. The molecular formula is C21H23N2O3S+. The van der Waals surface area contributed by atoms with Gasteiger partial charge in [-0.05, 0) is 35.4 Å². The van der Waals surface area contributed by atoms with Gasteiger partial charge in [0.1, 0.15) is 12.3 Å². The first-order valence-electron chi connectivity index (χ1n) is 8.77. The molecule has 1 heterocycles. The molecule has 1 N–H and O–H groups in total. The number of pyridine rings is 1. The molecule has 0 aliphatic carbocycles. The first-order chi connectivity index (χ1) is 13.1. The van der Waals surface area contributed by atoms with Crippen molar-refractivity contribution in [1.82, 2.24) is 4.72 Å². The molecule has 0 aliphatic rings. The maximum atomic E-state index is 12.5. The number of benzene rings is 2. The molecule has 0 radical (unpaired) electrons. The molecule has 0 bridgehead atoms. The molecule has 2 aromatic carbocycles. The van der Waals surface area contributed by atoms with E-state index in [9.17, 15) is 8.42 Å². The number of sulfonamides is 1. The molecule has 0 atom stereocenters. The maximum absolute atomic E-state index is 12.5. The minimum Gasteiger partial charge on any atom is -0.497 e. The van der Waals surface area contributed by atoms with Gasteiger partial charge in [0, 0.05) is 25.1 Å². The fourth-order valence-electron chi connectivity index (χ4n) is 2.76. The minimum atomic E-state index is -3.51. The zero-order valence-electron chi connectivity index (χ0n) is 15.2. The summed E-state index contributed by atoms with van der Waals surface area (Å²) >= 11 is 0. The molecule has 0 saturated heterocycles. The van der Waals surface area contributed by atoms with Gasteiger partial charge >= 0.3 is 0 Å². The highest BCUT2D eigenvalue weighted by Crippen LogP contribution is 2.24. The van der Waals surface area contributed by atoms with Crippen molar-refractivity contribution in [2.75, 3.05) is 13.7 Å².